The van der Waals surface area contributed by atoms with E-state index in [1.165, 1.54) is 0 Å². The van der Waals surface area contributed by atoms with Gasteiger partial charge in [-0.25, -0.2) is 0 Å². The Balaban J connectivity index is 2.18. The third-order valence-electron chi connectivity index (χ3n) is 2.84. The van der Waals surface area contributed by atoms with Crippen LogP contribution in [0.1, 0.15) is 18.5 Å². The first-order valence-electron chi connectivity index (χ1n) is 5.95. The molecular formula is C15H15BrClNO. The molecule has 0 spiro atoms. The summed E-state index contributed by atoms with van der Waals surface area (Å²) < 4.78 is 6.23. The van der Waals surface area contributed by atoms with Crippen LogP contribution in [0.15, 0.2) is 46.9 Å². The minimum Gasteiger partial charge on any atom is -0.497 e. The lowest BCUT2D eigenvalue weighted by Gasteiger charge is -2.17. The number of halogens is 2. The van der Waals surface area contributed by atoms with Gasteiger partial charge in [0.2, 0.25) is 0 Å². The van der Waals surface area contributed by atoms with Crippen LogP contribution in [0.4, 0.5) is 5.69 Å². The summed E-state index contributed by atoms with van der Waals surface area (Å²) in [5.74, 6) is 0.815. The van der Waals surface area contributed by atoms with E-state index < -0.39 is 0 Å². The maximum Gasteiger partial charge on any atom is 0.122 e. The summed E-state index contributed by atoms with van der Waals surface area (Å²) in [6, 6.07) is 13.9. The number of ether oxygens (including phenoxy) is 1. The van der Waals surface area contributed by atoms with Gasteiger partial charge in [-0.05, 0) is 36.8 Å². The quantitative estimate of drug-likeness (QED) is 0.817. The maximum atomic E-state index is 6.01. The van der Waals surface area contributed by atoms with E-state index in [2.05, 4.69) is 34.2 Å². The lowest BCUT2D eigenvalue weighted by atomic mass is 10.1. The van der Waals surface area contributed by atoms with Gasteiger partial charge in [0.15, 0.2) is 0 Å². The fraction of sp³-hybridized carbons (Fsp3) is 0.200. The van der Waals surface area contributed by atoms with E-state index in [-0.39, 0.29) is 6.04 Å². The molecule has 2 aromatic rings. The molecule has 0 saturated carbocycles. The Morgan fingerprint density at radius 1 is 1.21 bits per heavy atom. The number of benzene rings is 2. The van der Waals surface area contributed by atoms with Gasteiger partial charge >= 0.3 is 0 Å². The predicted octanol–water partition coefficient (Wildman–Crippen LogP) is 5.28. The summed E-state index contributed by atoms with van der Waals surface area (Å²) in [5.41, 5.74) is 2.14. The molecule has 0 aromatic heterocycles. The first-order valence-corrected chi connectivity index (χ1v) is 7.12. The zero-order chi connectivity index (χ0) is 13.8. The van der Waals surface area contributed by atoms with Crippen LogP contribution < -0.4 is 10.1 Å². The third kappa shape index (κ3) is 3.88. The lowest BCUT2D eigenvalue weighted by Crippen LogP contribution is -2.06. The van der Waals surface area contributed by atoms with Gasteiger partial charge in [0.1, 0.15) is 5.75 Å². The van der Waals surface area contributed by atoms with Crippen LogP contribution in [0, 0.1) is 0 Å². The Kier molecular flexibility index (Phi) is 4.72. The number of nitrogens with one attached hydrogen (secondary N) is 1. The van der Waals surface area contributed by atoms with Crippen LogP contribution in [0.3, 0.4) is 0 Å². The highest BCUT2D eigenvalue weighted by atomic mass is 79.9. The Labute approximate surface area is 126 Å². The molecule has 0 fully saturated rings. The highest BCUT2D eigenvalue weighted by molar-refractivity contribution is 9.10. The van der Waals surface area contributed by atoms with Gasteiger partial charge < -0.3 is 10.1 Å². The highest BCUT2D eigenvalue weighted by Crippen LogP contribution is 2.28. The second-order valence-corrected chi connectivity index (χ2v) is 5.65. The molecule has 0 radical (unpaired) electrons. The van der Waals surface area contributed by atoms with E-state index in [1.807, 2.05) is 36.4 Å². The van der Waals surface area contributed by atoms with Crippen molar-refractivity contribution in [1.82, 2.24) is 0 Å². The summed E-state index contributed by atoms with van der Waals surface area (Å²) in [7, 11) is 1.66. The standard InChI is InChI=1S/C15H15BrClNO/c1-10(11-4-3-5-13(17)6-11)18-14-7-12(16)8-15(9-14)19-2/h3-10,18H,1-2H3. The molecule has 19 heavy (non-hydrogen) atoms. The fourth-order valence-electron chi connectivity index (χ4n) is 1.87. The van der Waals surface area contributed by atoms with Gasteiger partial charge in [-0.15, -0.1) is 0 Å². The first-order chi connectivity index (χ1) is 9.08. The summed E-state index contributed by atoms with van der Waals surface area (Å²) in [6.45, 7) is 2.10. The average Bonchev–Trinajstić information content (AvgIpc) is 2.38. The van der Waals surface area contributed by atoms with E-state index >= 15 is 0 Å². The molecule has 1 N–H and O–H groups in total. The number of hydrogen-bond donors (Lipinski definition) is 1. The molecule has 0 aliphatic heterocycles. The van der Waals surface area contributed by atoms with Crippen LogP contribution >= 0.6 is 27.5 Å². The van der Waals surface area contributed by atoms with Crippen molar-refractivity contribution in [1.29, 1.82) is 0 Å². The van der Waals surface area contributed by atoms with E-state index in [0.717, 1.165) is 26.5 Å². The molecule has 4 heteroatoms. The minimum atomic E-state index is 0.165. The van der Waals surface area contributed by atoms with Gasteiger partial charge in [0.25, 0.3) is 0 Å². The van der Waals surface area contributed by atoms with Crippen LogP contribution in [-0.4, -0.2) is 7.11 Å². The Bertz CT molecular complexity index is 574. The largest absolute Gasteiger partial charge is 0.497 e. The predicted molar refractivity (Wildman–Crippen MR) is 84.2 cm³/mol. The summed E-state index contributed by atoms with van der Waals surface area (Å²) in [5, 5.41) is 4.18. The second-order valence-electron chi connectivity index (χ2n) is 4.30. The Morgan fingerprint density at radius 3 is 2.68 bits per heavy atom. The summed E-state index contributed by atoms with van der Waals surface area (Å²) in [4.78, 5) is 0. The van der Waals surface area contributed by atoms with Crippen molar-refractivity contribution in [2.24, 2.45) is 0 Å². The molecule has 2 rings (SSSR count). The van der Waals surface area contributed by atoms with Gasteiger partial charge in [-0.1, -0.05) is 39.7 Å². The maximum absolute atomic E-state index is 6.01. The number of methoxy groups -OCH3 is 1. The van der Waals surface area contributed by atoms with Crippen molar-refractivity contribution in [3.8, 4) is 5.75 Å². The molecule has 0 aliphatic rings. The Hall–Kier alpha value is -1.19. The molecule has 0 heterocycles. The first kappa shape index (κ1) is 14.2. The van der Waals surface area contributed by atoms with Crippen molar-refractivity contribution < 1.29 is 4.74 Å². The van der Waals surface area contributed by atoms with E-state index in [4.69, 9.17) is 16.3 Å². The van der Waals surface area contributed by atoms with Crippen molar-refractivity contribution in [2.45, 2.75) is 13.0 Å². The van der Waals surface area contributed by atoms with Crippen LogP contribution in [0.2, 0.25) is 5.02 Å². The normalized spacial score (nSPS) is 12.0. The number of hydrogen-bond acceptors (Lipinski definition) is 2. The monoisotopic (exact) mass is 339 g/mol. The Morgan fingerprint density at radius 2 is 2.00 bits per heavy atom. The third-order valence-corrected chi connectivity index (χ3v) is 3.53. The van der Waals surface area contributed by atoms with Crippen LogP contribution in [0.5, 0.6) is 5.75 Å². The van der Waals surface area contributed by atoms with E-state index in [9.17, 15) is 0 Å². The molecule has 0 bridgehead atoms. The van der Waals surface area contributed by atoms with Crippen molar-refractivity contribution >= 4 is 33.2 Å². The van der Waals surface area contributed by atoms with Crippen molar-refractivity contribution in [2.75, 3.05) is 12.4 Å². The molecule has 0 aliphatic carbocycles. The molecule has 1 atom stereocenters. The zero-order valence-electron chi connectivity index (χ0n) is 10.8. The van der Waals surface area contributed by atoms with Crippen LogP contribution in [-0.2, 0) is 0 Å². The molecule has 0 saturated heterocycles. The number of anilines is 1. The van der Waals surface area contributed by atoms with Gasteiger partial charge in [0, 0.05) is 27.3 Å². The van der Waals surface area contributed by atoms with Crippen LogP contribution in [0.25, 0.3) is 0 Å². The van der Waals surface area contributed by atoms with Gasteiger partial charge in [-0.3, -0.25) is 0 Å². The minimum absolute atomic E-state index is 0.165. The van der Waals surface area contributed by atoms with E-state index in [0.29, 0.717) is 0 Å². The molecule has 0 amide bonds. The summed E-state index contributed by atoms with van der Waals surface area (Å²) in [6.07, 6.45) is 0. The topological polar surface area (TPSA) is 21.3 Å². The fourth-order valence-corrected chi connectivity index (χ4v) is 2.54. The van der Waals surface area contributed by atoms with Crippen molar-refractivity contribution in [3.63, 3.8) is 0 Å². The lowest BCUT2D eigenvalue weighted by molar-refractivity contribution is 0.414. The average molecular weight is 341 g/mol. The SMILES string of the molecule is COc1cc(Br)cc(NC(C)c2cccc(Cl)c2)c1. The van der Waals surface area contributed by atoms with E-state index in [1.54, 1.807) is 7.11 Å². The molecule has 1 unspecified atom stereocenters. The summed E-state index contributed by atoms with van der Waals surface area (Å²) >= 11 is 9.48. The molecule has 100 valence electrons. The number of rotatable bonds is 4. The molecule has 2 nitrogen and oxygen atoms in total. The second kappa shape index (κ2) is 6.31. The zero-order valence-corrected chi connectivity index (χ0v) is 13.1. The smallest absolute Gasteiger partial charge is 0.122 e. The molecule has 2 aromatic carbocycles. The van der Waals surface area contributed by atoms with Gasteiger partial charge in [-0.2, -0.15) is 0 Å². The highest BCUT2D eigenvalue weighted by Gasteiger charge is 2.07. The molecular weight excluding hydrogens is 326 g/mol. The van der Waals surface area contributed by atoms with Crippen molar-refractivity contribution in [3.05, 3.63) is 57.5 Å². The van der Waals surface area contributed by atoms with Gasteiger partial charge in [0.05, 0.1) is 7.11 Å².